The maximum Gasteiger partial charge on any atom is 0.310 e. The summed E-state index contributed by atoms with van der Waals surface area (Å²) in [6, 6.07) is 1.62. The summed E-state index contributed by atoms with van der Waals surface area (Å²) in [6.45, 7) is 9.48. The molecule has 27 heavy (non-hydrogen) atoms. The quantitative estimate of drug-likeness (QED) is 0.644. The van der Waals surface area contributed by atoms with Gasteiger partial charge in [0.25, 0.3) is 0 Å². The van der Waals surface area contributed by atoms with E-state index in [4.69, 9.17) is 9.47 Å². The number of benzene rings is 1. The van der Waals surface area contributed by atoms with Crippen molar-refractivity contribution in [2.75, 3.05) is 19.7 Å². The van der Waals surface area contributed by atoms with Gasteiger partial charge in [-0.05, 0) is 64.3 Å². The number of piperidine rings is 1. The number of hydrogen-bond donors (Lipinski definition) is 1. The number of Topliss-reactive ketones (excluding diaryl/α,β-unsaturated/α-hetero) is 1. The van der Waals surface area contributed by atoms with E-state index < -0.39 is 0 Å². The number of nitrogens with zero attached hydrogens (tertiary/aromatic N) is 1. The van der Waals surface area contributed by atoms with Gasteiger partial charge in [0.2, 0.25) is 5.78 Å². The fourth-order valence-electron chi connectivity index (χ4n) is 3.82. The molecular formula is C21H27NO5. The molecule has 1 fully saturated rings. The van der Waals surface area contributed by atoms with E-state index in [0.717, 1.165) is 25.0 Å². The van der Waals surface area contributed by atoms with Crippen LogP contribution in [-0.4, -0.2) is 41.5 Å². The number of esters is 1. The first-order valence-corrected chi connectivity index (χ1v) is 9.47. The number of allylic oxidation sites excluding steroid dienone is 2. The van der Waals surface area contributed by atoms with Crippen molar-refractivity contribution in [1.82, 2.24) is 4.90 Å². The van der Waals surface area contributed by atoms with Crippen LogP contribution in [0.1, 0.15) is 55.1 Å². The fraction of sp³-hybridized carbons (Fsp3) is 0.524. The zero-order valence-electron chi connectivity index (χ0n) is 16.4. The van der Waals surface area contributed by atoms with E-state index in [0.29, 0.717) is 47.9 Å². The third-order valence-electron chi connectivity index (χ3n) is 5.16. The average Bonchev–Trinajstić information content (AvgIpc) is 2.97. The summed E-state index contributed by atoms with van der Waals surface area (Å²) in [6.07, 6.45) is 1.70. The van der Waals surface area contributed by atoms with Gasteiger partial charge in [0.1, 0.15) is 11.5 Å². The Morgan fingerprint density at radius 2 is 2.15 bits per heavy atom. The third-order valence-corrected chi connectivity index (χ3v) is 5.16. The molecule has 0 saturated carbocycles. The van der Waals surface area contributed by atoms with Crippen molar-refractivity contribution < 1.29 is 24.2 Å². The lowest BCUT2D eigenvalue weighted by atomic mass is 9.96. The van der Waals surface area contributed by atoms with E-state index in [1.165, 1.54) is 0 Å². The predicted octanol–water partition coefficient (Wildman–Crippen LogP) is 3.34. The molecule has 1 saturated heterocycles. The summed E-state index contributed by atoms with van der Waals surface area (Å²) in [5, 5.41) is 10.5. The molecule has 2 heterocycles. The number of carbonyl (C=O) groups excluding carboxylic acids is 2. The second kappa shape index (κ2) is 7.72. The number of likely N-dealkylation sites (tertiary alicyclic amines) is 1. The standard InChI is InChI=1S/C21H27NO5/c1-5-26-21(25)14-7-6-8-22(10-14)11-15-16(23)9-13(4)17-18(24)19(12(2)3)27-20(15)17/h9,14,23H,5-8,10-11H2,1-4H3. The first kappa shape index (κ1) is 19.4. The van der Waals surface area contributed by atoms with Gasteiger partial charge in [-0.3, -0.25) is 14.5 Å². The van der Waals surface area contributed by atoms with Gasteiger partial charge >= 0.3 is 5.97 Å². The molecule has 1 unspecified atom stereocenters. The molecule has 1 aromatic rings. The summed E-state index contributed by atoms with van der Waals surface area (Å²) in [4.78, 5) is 26.9. The van der Waals surface area contributed by atoms with Crippen LogP contribution in [0.15, 0.2) is 17.4 Å². The minimum Gasteiger partial charge on any atom is -0.507 e. The summed E-state index contributed by atoms with van der Waals surface area (Å²) in [5.41, 5.74) is 2.64. The lowest BCUT2D eigenvalue weighted by Crippen LogP contribution is -2.39. The van der Waals surface area contributed by atoms with Crippen LogP contribution in [0.2, 0.25) is 0 Å². The zero-order chi connectivity index (χ0) is 19.7. The summed E-state index contributed by atoms with van der Waals surface area (Å²) in [7, 11) is 0. The van der Waals surface area contributed by atoms with E-state index in [-0.39, 0.29) is 23.4 Å². The second-order valence-corrected chi connectivity index (χ2v) is 7.48. The Labute approximate surface area is 159 Å². The lowest BCUT2D eigenvalue weighted by molar-refractivity contribution is -0.150. The highest BCUT2D eigenvalue weighted by atomic mass is 16.5. The lowest BCUT2D eigenvalue weighted by Gasteiger charge is -2.31. The van der Waals surface area contributed by atoms with Crippen LogP contribution < -0.4 is 4.74 Å². The molecule has 2 aliphatic heterocycles. The van der Waals surface area contributed by atoms with E-state index in [1.807, 2.05) is 13.8 Å². The van der Waals surface area contributed by atoms with Crippen molar-refractivity contribution in [3.8, 4) is 11.5 Å². The highest BCUT2D eigenvalue weighted by molar-refractivity contribution is 6.14. The number of phenolic OH excluding ortho intramolecular Hbond substituents is 1. The minimum absolute atomic E-state index is 0.118. The van der Waals surface area contributed by atoms with Crippen LogP contribution >= 0.6 is 0 Å². The smallest absolute Gasteiger partial charge is 0.310 e. The normalized spacial score (nSPS) is 19.6. The van der Waals surface area contributed by atoms with Crippen molar-refractivity contribution in [2.45, 2.75) is 47.1 Å². The van der Waals surface area contributed by atoms with E-state index >= 15 is 0 Å². The molecule has 2 aliphatic rings. The first-order valence-electron chi connectivity index (χ1n) is 9.47. The van der Waals surface area contributed by atoms with Gasteiger partial charge in [-0.15, -0.1) is 0 Å². The largest absolute Gasteiger partial charge is 0.507 e. The molecule has 0 spiro atoms. The Kier molecular flexibility index (Phi) is 5.56. The zero-order valence-corrected chi connectivity index (χ0v) is 16.4. The number of aromatic hydroxyl groups is 1. The molecule has 0 radical (unpaired) electrons. The Morgan fingerprint density at radius 3 is 2.81 bits per heavy atom. The molecule has 0 amide bonds. The predicted molar refractivity (Wildman–Crippen MR) is 101 cm³/mol. The Bertz CT molecular complexity index is 807. The fourth-order valence-corrected chi connectivity index (χ4v) is 3.82. The maximum atomic E-state index is 12.7. The van der Waals surface area contributed by atoms with Gasteiger partial charge in [0.05, 0.1) is 23.7 Å². The molecule has 0 bridgehead atoms. The van der Waals surface area contributed by atoms with Gasteiger partial charge < -0.3 is 14.6 Å². The number of ether oxygens (including phenoxy) is 2. The molecule has 0 aromatic heterocycles. The van der Waals surface area contributed by atoms with Crippen LogP contribution in [-0.2, 0) is 16.1 Å². The molecule has 0 aliphatic carbocycles. The van der Waals surface area contributed by atoms with Gasteiger partial charge in [-0.25, -0.2) is 0 Å². The highest BCUT2D eigenvalue weighted by Crippen LogP contribution is 2.42. The van der Waals surface area contributed by atoms with Gasteiger partial charge in [0.15, 0.2) is 5.76 Å². The van der Waals surface area contributed by atoms with Crippen LogP contribution in [0.3, 0.4) is 0 Å². The average molecular weight is 373 g/mol. The summed E-state index contributed by atoms with van der Waals surface area (Å²) in [5.74, 6) is 0.447. The third kappa shape index (κ3) is 3.72. The Balaban J connectivity index is 1.88. The molecule has 6 heteroatoms. The van der Waals surface area contributed by atoms with Crippen molar-refractivity contribution in [2.24, 2.45) is 5.92 Å². The molecule has 1 aromatic carbocycles. The molecule has 1 N–H and O–H groups in total. The SMILES string of the molecule is CCOC(=O)C1CCCN(Cc2c(O)cc(C)c3c2OC(=C(C)C)C3=O)C1. The maximum absolute atomic E-state index is 12.7. The van der Waals surface area contributed by atoms with E-state index in [1.54, 1.807) is 19.9 Å². The molecule has 3 rings (SSSR count). The molecule has 6 nitrogen and oxygen atoms in total. The van der Waals surface area contributed by atoms with E-state index in [9.17, 15) is 14.7 Å². The van der Waals surface area contributed by atoms with Crippen molar-refractivity contribution in [3.63, 3.8) is 0 Å². The summed E-state index contributed by atoms with van der Waals surface area (Å²) < 4.78 is 11.0. The topological polar surface area (TPSA) is 76.1 Å². The molecule has 1 atom stereocenters. The second-order valence-electron chi connectivity index (χ2n) is 7.48. The van der Waals surface area contributed by atoms with Crippen LogP contribution in [0.4, 0.5) is 0 Å². The number of carbonyl (C=O) groups is 2. The van der Waals surface area contributed by atoms with Crippen LogP contribution in [0.5, 0.6) is 11.5 Å². The highest BCUT2D eigenvalue weighted by Gasteiger charge is 2.35. The minimum atomic E-state index is -0.168. The molecular weight excluding hydrogens is 346 g/mol. The number of fused-ring (bicyclic) bond motifs is 1. The summed E-state index contributed by atoms with van der Waals surface area (Å²) >= 11 is 0. The number of rotatable bonds is 4. The number of phenols is 1. The monoisotopic (exact) mass is 373 g/mol. The van der Waals surface area contributed by atoms with Crippen molar-refractivity contribution in [1.29, 1.82) is 0 Å². The van der Waals surface area contributed by atoms with Crippen LogP contribution in [0, 0.1) is 12.8 Å². The van der Waals surface area contributed by atoms with Gasteiger partial charge in [0, 0.05) is 13.1 Å². The number of ketones is 1. The Hall–Kier alpha value is -2.34. The van der Waals surface area contributed by atoms with Crippen LogP contribution in [0.25, 0.3) is 0 Å². The van der Waals surface area contributed by atoms with E-state index in [2.05, 4.69) is 4.90 Å². The van der Waals surface area contributed by atoms with Gasteiger partial charge in [-0.2, -0.15) is 0 Å². The van der Waals surface area contributed by atoms with Crippen molar-refractivity contribution >= 4 is 11.8 Å². The van der Waals surface area contributed by atoms with Gasteiger partial charge in [-0.1, -0.05) is 0 Å². The number of aryl methyl sites for hydroxylation is 1. The first-order chi connectivity index (χ1) is 12.8. The van der Waals surface area contributed by atoms with Crippen molar-refractivity contribution in [3.05, 3.63) is 34.1 Å². The molecule has 146 valence electrons. The number of hydrogen-bond acceptors (Lipinski definition) is 6. The Morgan fingerprint density at radius 1 is 1.41 bits per heavy atom.